The van der Waals surface area contributed by atoms with Gasteiger partial charge in [-0.05, 0) is 30.6 Å². The molecule has 2 N–H and O–H groups in total. The van der Waals surface area contributed by atoms with Crippen molar-refractivity contribution in [3.63, 3.8) is 0 Å². The van der Waals surface area contributed by atoms with Crippen molar-refractivity contribution in [1.29, 1.82) is 0 Å². The Morgan fingerprint density at radius 3 is 2.41 bits per heavy atom. The van der Waals surface area contributed by atoms with Crippen molar-refractivity contribution in [2.75, 3.05) is 13.1 Å². The highest BCUT2D eigenvalue weighted by Gasteiger charge is 2.30. The SMILES string of the molecule is CC(N)C1CCN(C(=O)CC(C)C(C)(C)C)C1. The maximum Gasteiger partial charge on any atom is 0.222 e. The average Bonchev–Trinajstić information content (AvgIpc) is 2.64. The van der Waals surface area contributed by atoms with Gasteiger partial charge < -0.3 is 10.6 Å². The minimum Gasteiger partial charge on any atom is -0.342 e. The molecule has 3 unspecified atom stereocenters. The molecule has 17 heavy (non-hydrogen) atoms. The van der Waals surface area contributed by atoms with E-state index in [-0.39, 0.29) is 11.5 Å². The summed E-state index contributed by atoms with van der Waals surface area (Å²) in [5.74, 6) is 1.21. The minimum atomic E-state index is 0.202. The van der Waals surface area contributed by atoms with Crippen LogP contribution < -0.4 is 5.73 Å². The molecule has 0 saturated carbocycles. The highest BCUT2D eigenvalue weighted by Crippen LogP contribution is 2.29. The number of nitrogens with two attached hydrogens (primary N) is 1. The van der Waals surface area contributed by atoms with Gasteiger partial charge in [-0.15, -0.1) is 0 Å². The molecule has 1 rings (SSSR count). The molecule has 3 heteroatoms. The van der Waals surface area contributed by atoms with Gasteiger partial charge in [-0.1, -0.05) is 27.7 Å². The molecule has 1 amide bonds. The maximum atomic E-state index is 12.2. The number of rotatable bonds is 3. The standard InChI is InChI=1S/C14H28N2O/c1-10(14(3,4)5)8-13(17)16-7-6-12(9-16)11(2)15/h10-12H,6-9,15H2,1-5H3. The van der Waals surface area contributed by atoms with Gasteiger partial charge >= 0.3 is 0 Å². The number of nitrogens with zero attached hydrogens (tertiary/aromatic N) is 1. The van der Waals surface area contributed by atoms with E-state index in [0.717, 1.165) is 19.5 Å². The van der Waals surface area contributed by atoms with Gasteiger partial charge in [0.15, 0.2) is 0 Å². The summed E-state index contributed by atoms with van der Waals surface area (Å²) in [5, 5.41) is 0. The predicted molar refractivity (Wildman–Crippen MR) is 71.6 cm³/mol. The fourth-order valence-corrected chi connectivity index (χ4v) is 2.14. The van der Waals surface area contributed by atoms with Crippen LogP contribution in [0.15, 0.2) is 0 Å². The molecule has 0 radical (unpaired) electrons. The summed E-state index contributed by atoms with van der Waals surface area (Å²) >= 11 is 0. The van der Waals surface area contributed by atoms with Gasteiger partial charge in [-0.2, -0.15) is 0 Å². The Kier molecular flexibility index (Phi) is 4.59. The van der Waals surface area contributed by atoms with Gasteiger partial charge in [0.25, 0.3) is 0 Å². The van der Waals surface area contributed by atoms with E-state index >= 15 is 0 Å². The average molecular weight is 240 g/mol. The number of carbonyl (C=O) groups is 1. The molecule has 0 spiro atoms. The third-order valence-electron chi connectivity index (χ3n) is 4.28. The first-order chi connectivity index (χ1) is 7.71. The summed E-state index contributed by atoms with van der Waals surface area (Å²) in [6.07, 6.45) is 1.72. The Bertz CT molecular complexity index is 268. The van der Waals surface area contributed by atoms with Gasteiger partial charge in [-0.3, -0.25) is 4.79 Å². The molecule has 1 saturated heterocycles. The second-order valence-corrected chi connectivity index (χ2v) is 6.72. The van der Waals surface area contributed by atoms with Crippen LogP contribution in [0.25, 0.3) is 0 Å². The molecule has 1 aliphatic heterocycles. The molecule has 0 aromatic rings. The molecule has 0 aromatic heterocycles. The summed E-state index contributed by atoms with van der Waals surface area (Å²) in [7, 11) is 0. The van der Waals surface area contributed by atoms with Crippen LogP contribution in [-0.4, -0.2) is 29.9 Å². The molecule has 100 valence electrons. The number of carbonyl (C=O) groups excluding carboxylic acids is 1. The minimum absolute atomic E-state index is 0.202. The van der Waals surface area contributed by atoms with Crippen LogP contribution >= 0.6 is 0 Å². The van der Waals surface area contributed by atoms with Crippen LogP contribution in [0.5, 0.6) is 0 Å². The van der Waals surface area contributed by atoms with E-state index in [1.807, 2.05) is 11.8 Å². The van der Waals surface area contributed by atoms with Crippen molar-refractivity contribution < 1.29 is 4.79 Å². The number of hydrogen-bond acceptors (Lipinski definition) is 2. The third kappa shape index (κ3) is 3.98. The van der Waals surface area contributed by atoms with E-state index in [2.05, 4.69) is 27.7 Å². The molecule has 0 aromatic carbocycles. The number of hydrogen-bond donors (Lipinski definition) is 1. The van der Waals surface area contributed by atoms with E-state index < -0.39 is 0 Å². The third-order valence-corrected chi connectivity index (χ3v) is 4.28. The second kappa shape index (κ2) is 5.38. The summed E-state index contributed by atoms with van der Waals surface area (Å²) in [6, 6.07) is 0.202. The van der Waals surface area contributed by atoms with Crippen molar-refractivity contribution in [1.82, 2.24) is 4.90 Å². The van der Waals surface area contributed by atoms with Crippen LogP contribution in [0.4, 0.5) is 0 Å². The Hall–Kier alpha value is -0.570. The van der Waals surface area contributed by atoms with Crippen LogP contribution in [0.1, 0.15) is 47.5 Å². The molecular formula is C14H28N2O. The molecule has 0 bridgehead atoms. The quantitative estimate of drug-likeness (QED) is 0.822. The van der Waals surface area contributed by atoms with Gasteiger partial charge in [0, 0.05) is 25.6 Å². The van der Waals surface area contributed by atoms with Crippen LogP contribution in [0, 0.1) is 17.3 Å². The molecule has 1 fully saturated rings. The smallest absolute Gasteiger partial charge is 0.222 e. The molecule has 1 heterocycles. The van der Waals surface area contributed by atoms with Crippen molar-refractivity contribution in [3.05, 3.63) is 0 Å². The van der Waals surface area contributed by atoms with Gasteiger partial charge in [0.05, 0.1) is 0 Å². The normalized spacial score (nSPS) is 24.8. The van der Waals surface area contributed by atoms with E-state index in [1.54, 1.807) is 0 Å². The molecule has 1 aliphatic rings. The van der Waals surface area contributed by atoms with Gasteiger partial charge in [0.1, 0.15) is 0 Å². The summed E-state index contributed by atoms with van der Waals surface area (Å²) in [6.45, 7) is 12.5. The molecule has 3 atom stereocenters. The largest absolute Gasteiger partial charge is 0.342 e. The Balaban J connectivity index is 2.45. The van der Waals surface area contributed by atoms with E-state index in [1.165, 1.54) is 0 Å². The molecular weight excluding hydrogens is 212 g/mol. The summed E-state index contributed by atoms with van der Waals surface area (Å²) < 4.78 is 0. The van der Waals surface area contributed by atoms with E-state index in [0.29, 0.717) is 24.2 Å². The van der Waals surface area contributed by atoms with Crippen molar-refractivity contribution in [3.8, 4) is 0 Å². The maximum absolute atomic E-state index is 12.2. The van der Waals surface area contributed by atoms with Crippen molar-refractivity contribution in [2.24, 2.45) is 23.0 Å². The van der Waals surface area contributed by atoms with Crippen LogP contribution in [0.2, 0.25) is 0 Å². The highest BCUT2D eigenvalue weighted by molar-refractivity contribution is 5.76. The number of amides is 1. The Morgan fingerprint density at radius 2 is 2.00 bits per heavy atom. The Morgan fingerprint density at radius 1 is 1.41 bits per heavy atom. The Labute approximate surface area is 106 Å². The molecule has 3 nitrogen and oxygen atoms in total. The lowest BCUT2D eigenvalue weighted by atomic mass is 9.80. The molecule has 0 aliphatic carbocycles. The number of likely N-dealkylation sites (tertiary alicyclic amines) is 1. The zero-order chi connectivity index (χ0) is 13.2. The van der Waals surface area contributed by atoms with Crippen molar-refractivity contribution in [2.45, 2.75) is 53.5 Å². The van der Waals surface area contributed by atoms with Crippen LogP contribution in [0.3, 0.4) is 0 Å². The first-order valence-corrected chi connectivity index (χ1v) is 6.75. The monoisotopic (exact) mass is 240 g/mol. The topological polar surface area (TPSA) is 46.3 Å². The first-order valence-electron chi connectivity index (χ1n) is 6.75. The first kappa shape index (κ1) is 14.5. The summed E-state index contributed by atoms with van der Waals surface area (Å²) in [5.41, 5.74) is 6.10. The lowest BCUT2D eigenvalue weighted by Crippen LogP contribution is -2.34. The highest BCUT2D eigenvalue weighted by atomic mass is 16.2. The lowest BCUT2D eigenvalue weighted by Gasteiger charge is -2.28. The fourth-order valence-electron chi connectivity index (χ4n) is 2.14. The van der Waals surface area contributed by atoms with Gasteiger partial charge in [0.2, 0.25) is 5.91 Å². The fraction of sp³-hybridized carbons (Fsp3) is 0.929. The predicted octanol–water partition coefficient (Wildman–Crippen LogP) is 2.25. The second-order valence-electron chi connectivity index (χ2n) is 6.72. The lowest BCUT2D eigenvalue weighted by molar-refractivity contribution is -0.132. The zero-order valence-corrected chi connectivity index (χ0v) is 12.0. The zero-order valence-electron chi connectivity index (χ0n) is 12.0. The van der Waals surface area contributed by atoms with E-state index in [4.69, 9.17) is 5.73 Å². The van der Waals surface area contributed by atoms with Gasteiger partial charge in [-0.25, -0.2) is 0 Å². The summed E-state index contributed by atoms with van der Waals surface area (Å²) in [4.78, 5) is 14.2. The van der Waals surface area contributed by atoms with Crippen LogP contribution in [-0.2, 0) is 4.79 Å². The van der Waals surface area contributed by atoms with Crippen molar-refractivity contribution >= 4 is 5.91 Å². The van der Waals surface area contributed by atoms with E-state index in [9.17, 15) is 4.79 Å².